The molecule has 0 saturated carbocycles. The van der Waals surface area contributed by atoms with Gasteiger partial charge in [0.2, 0.25) is 11.1 Å². The van der Waals surface area contributed by atoms with Crippen LogP contribution in [-0.2, 0) is 7.05 Å². The molecule has 0 bridgehead atoms. The van der Waals surface area contributed by atoms with E-state index in [1.54, 1.807) is 11.9 Å². The van der Waals surface area contributed by atoms with E-state index in [4.69, 9.17) is 16.0 Å². The highest BCUT2D eigenvalue weighted by atomic mass is 35.5. The van der Waals surface area contributed by atoms with Crippen molar-refractivity contribution >= 4 is 34.6 Å². The lowest BCUT2D eigenvalue weighted by Gasteiger charge is -2.33. The fourth-order valence-corrected chi connectivity index (χ4v) is 2.81. The highest BCUT2D eigenvalue weighted by molar-refractivity contribution is 6.28. The molecule has 3 aromatic rings. The third-order valence-corrected chi connectivity index (χ3v) is 4.35. The largest absolute Gasteiger partial charge is 0.423 e. The van der Waals surface area contributed by atoms with Gasteiger partial charge in [-0.2, -0.15) is 9.97 Å². The Bertz CT molecular complexity index is 844. The van der Waals surface area contributed by atoms with Crippen molar-refractivity contribution in [1.29, 1.82) is 0 Å². The molecule has 1 aromatic carbocycles. The number of halogens is 1. The Morgan fingerprint density at radius 3 is 2.58 bits per heavy atom. The number of piperazine rings is 1. The number of hydrogen-bond acceptors (Lipinski definition) is 6. The Kier molecular flexibility index (Phi) is 3.61. The molecule has 0 aliphatic carbocycles. The van der Waals surface area contributed by atoms with Crippen molar-refractivity contribution < 1.29 is 9.21 Å². The highest BCUT2D eigenvalue weighted by Crippen LogP contribution is 2.22. The van der Waals surface area contributed by atoms with Crippen LogP contribution in [0.4, 0.5) is 6.01 Å². The summed E-state index contributed by atoms with van der Waals surface area (Å²) < 4.78 is 7.15. The summed E-state index contributed by atoms with van der Waals surface area (Å²) in [6.45, 7) is 2.37. The second-order valence-electron chi connectivity index (χ2n) is 5.57. The smallest absolute Gasteiger partial charge is 0.298 e. The van der Waals surface area contributed by atoms with Gasteiger partial charge in [0.05, 0.1) is 0 Å². The Balaban J connectivity index is 1.45. The molecule has 9 heteroatoms. The van der Waals surface area contributed by atoms with Gasteiger partial charge in [0, 0.05) is 33.2 Å². The molecule has 1 amide bonds. The van der Waals surface area contributed by atoms with Crippen LogP contribution in [-0.4, -0.2) is 56.7 Å². The molecule has 1 aliphatic heterocycles. The lowest BCUT2D eigenvalue weighted by molar-refractivity contribution is 0.0732. The van der Waals surface area contributed by atoms with Gasteiger partial charge in [0.1, 0.15) is 5.52 Å². The van der Waals surface area contributed by atoms with Gasteiger partial charge in [-0.25, -0.2) is 4.68 Å². The van der Waals surface area contributed by atoms with E-state index < -0.39 is 0 Å². The topological polar surface area (TPSA) is 80.3 Å². The third kappa shape index (κ3) is 2.58. The quantitative estimate of drug-likeness (QED) is 0.700. The Labute approximate surface area is 142 Å². The van der Waals surface area contributed by atoms with E-state index in [0.29, 0.717) is 32.2 Å². The van der Waals surface area contributed by atoms with Gasteiger partial charge in [-0.15, -0.1) is 5.10 Å². The number of carbonyl (C=O) groups is 1. The van der Waals surface area contributed by atoms with Crippen molar-refractivity contribution in [3.05, 3.63) is 35.4 Å². The van der Waals surface area contributed by atoms with Crippen LogP contribution < -0.4 is 4.90 Å². The number of oxazole rings is 1. The Morgan fingerprint density at radius 1 is 1.17 bits per heavy atom. The van der Waals surface area contributed by atoms with E-state index in [9.17, 15) is 4.79 Å². The number of benzene rings is 1. The zero-order valence-corrected chi connectivity index (χ0v) is 13.8. The summed E-state index contributed by atoms with van der Waals surface area (Å²) in [5, 5.41) is 4.23. The maximum Gasteiger partial charge on any atom is 0.298 e. The summed E-state index contributed by atoms with van der Waals surface area (Å²) in [6, 6.07) is 8.23. The SMILES string of the molecule is Cn1nc(C(=O)N2CCN(c3nc4ccccc4o3)CC2)nc1Cl. The zero-order valence-electron chi connectivity index (χ0n) is 13.0. The normalized spacial score (nSPS) is 15.2. The van der Waals surface area contributed by atoms with Crippen molar-refractivity contribution in [2.45, 2.75) is 0 Å². The first-order chi connectivity index (χ1) is 11.6. The predicted molar refractivity (Wildman–Crippen MR) is 88.1 cm³/mol. The fraction of sp³-hybridized carbons (Fsp3) is 0.333. The molecule has 124 valence electrons. The predicted octanol–water partition coefficient (Wildman–Crippen LogP) is 1.57. The van der Waals surface area contributed by atoms with Crippen LogP contribution in [0.25, 0.3) is 11.1 Å². The molecule has 3 heterocycles. The van der Waals surface area contributed by atoms with Gasteiger partial charge < -0.3 is 14.2 Å². The minimum atomic E-state index is -0.213. The second-order valence-corrected chi connectivity index (χ2v) is 5.91. The standard InChI is InChI=1S/C15H15ClN6O2/c1-20-14(16)18-12(19-20)13(23)21-6-8-22(9-7-21)15-17-10-4-2-3-5-11(10)24-15/h2-5H,6-9H2,1H3. The van der Waals surface area contributed by atoms with E-state index in [1.807, 2.05) is 29.2 Å². The molecule has 2 aromatic heterocycles. The molecule has 8 nitrogen and oxygen atoms in total. The van der Waals surface area contributed by atoms with Gasteiger partial charge in [0.25, 0.3) is 11.9 Å². The Morgan fingerprint density at radius 2 is 1.92 bits per heavy atom. The van der Waals surface area contributed by atoms with Crippen molar-refractivity contribution in [2.24, 2.45) is 7.05 Å². The van der Waals surface area contributed by atoms with Crippen molar-refractivity contribution in [3.8, 4) is 0 Å². The summed E-state index contributed by atoms with van der Waals surface area (Å²) in [5.41, 5.74) is 1.59. The molecular formula is C15H15ClN6O2. The molecule has 1 saturated heterocycles. The molecular weight excluding hydrogens is 332 g/mol. The number of anilines is 1. The van der Waals surface area contributed by atoms with Crippen LogP contribution in [0.1, 0.15) is 10.6 Å². The maximum absolute atomic E-state index is 12.4. The summed E-state index contributed by atoms with van der Waals surface area (Å²) >= 11 is 5.84. The molecule has 0 unspecified atom stereocenters. The number of aryl methyl sites for hydroxylation is 1. The molecule has 0 N–H and O–H groups in total. The number of amides is 1. The highest BCUT2D eigenvalue weighted by Gasteiger charge is 2.27. The monoisotopic (exact) mass is 346 g/mol. The first kappa shape index (κ1) is 14.9. The van der Waals surface area contributed by atoms with Crippen LogP contribution in [0, 0.1) is 0 Å². The molecule has 24 heavy (non-hydrogen) atoms. The third-order valence-electron chi connectivity index (χ3n) is 4.02. The van der Waals surface area contributed by atoms with E-state index >= 15 is 0 Å². The average molecular weight is 347 g/mol. The second kappa shape index (κ2) is 5.79. The summed E-state index contributed by atoms with van der Waals surface area (Å²) in [4.78, 5) is 24.6. The number of carbonyl (C=O) groups excluding carboxylic acids is 1. The number of rotatable bonds is 2. The van der Waals surface area contributed by atoms with Gasteiger partial charge in [-0.3, -0.25) is 4.79 Å². The van der Waals surface area contributed by atoms with Crippen molar-refractivity contribution in [2.75, 3.05) is 31.1 Å². The van der Waals surface area contributed by atoms with Crippen LogP contribution in [0.2, 0.25) is 5.28 Å². The number of fused-ring (bicyclic) bond motifs is 1. The number of nitrogens with zero attached hydrogens (tertiary/aromatic N) is 6. The molecule has 0 atom stereocenters. The minimum absolute atomic E-state index is 0.123. The van der Waals surface area contributed by atoms with Crippen LogP contribution in [0.3, 0.4) is 0 Å². The zero-order chi connectivity index (χ0) is 16.7. The molecule has 4 rings (SSSR count). The van der Waals surface area contributed by atoms with Crippen molar-refractivity contribution in [3.63, 3.8) is 0 Å². The molecule has 0 spiro atoms. The first-order valence-electron chi connectivity index (χ1n) is 7.58. The van der Waals surface area contributed by atoms with Gasteiger partial charge in [-0.1, -0.05) is 12.1 Å². The number of para-hydroxylation sites is 2. The van der Waals surface area contributed by atoms with Gasteiger partial charge >= 0.3 is 0 Å². The van der Waals surface area contributed by atoms with Crippen LogP contribution in [0.5, 0.6) is 0 Å². The summed E-state index contributed by atoms with van der Waals surface area (Å²) in [7, 11) is 1.65. The number of hydrogen-bond donors (Lipinski definition) is 0. The summed E-state index contributed by atoms with van der Waals surface area (Å²) in [6.07, 6.45) is 0. The van der Waals surface area contributed by atoms with Crippen molar-refractivity contribution in [1.82, 2.24) is 24.6 Å². The average Bonchev–Trinajstić information content (AvgIpc) is 3.18. The number of aromatic nitrogens is 4. The van der Waals surface area contributed by atoms with Gasteiger partial charge in [-0.05, 0) is 23.7 Å². The Hall–Kier alpha value is -2.61. The molecule has 1 aliphatic rings. The van der Waals surface area contributed by atoms with E-state index in [0.717, 1.165) is 11.1 Å². The summed E-state index contributed by atoms with van der Waals surface area (Å²) in [5.74, 6) is -0.0903. The van der Waals surface area contributed by atoms with Crippen LogP contribution >= 0.6 is 11.6 Å². The lowest BCUT2D eigenvalue weighted by atomic mass is 10.3. The maximum atomic E-state index is 12.4. The van der Waals surface area contributed by atoms with E-state index in [2.05, 4.69) is 15.1 Å². The minimum Gasteiger partial charge on any atom is -0.423 e. The van der Waals surface area contributed by atoms with E-state index in [-0.39, 0.29) is 17.0 Å². The molecule has 0 radical (unpaired) electrons. The molecule has 1 fully saturated rings. The lowest BCUT2D eigenvalue weighted by Crippen LogP contribution is -2.49. The van der Waals surface area contributed by atoms with Crippen LogP contribution in [0.15, 0.2) is 28.7 Å². The first-order valence-corrected chi connectivity index (χ1v) is 7.96. The fourth-order valence-electron chi connectivity index (χ4n) is 2.69. The van der Waals surface area contributed by atoms with Gasteiger partial charge in [0.15, 0.2) is 5.58 Å². The van der Waals surface area contributed by atoms with E-state index in [1.165, 1.54) is 4.68 Å².